The number of methoxy groups -OCH3 is 1. The van der Waals surface area contributed by atoms with Crippen LogP contribution in [0, 0.1) is 5.92 Å². The number of esters is 1. The topological polar surface area (TPSA) is 44.8 Å². The van der Waals surface area contributed by atoms with Gasteiger partial charge in [0.25, 0.3) is 0 Å². The van der Waals surface area contributed by atoms with E-state index in [0.717, 1.165) is 23.3 Å². The predicted octanol–water partition coefficient (Wildman–Crippen LogP) is 4.53. The van der Waals surface area contributed by atoms with Gasteiger partial charge in [-0.15, -0.1) is 0 Å². The lowest BCUT2D eigenvalue weighted by Gasteiger charge is -2.29. The number of fused-ring (bicyclic) bond motifs is 1. The van der Waals surface area contributed by atoms with Gasteiger partial charge in [-0.2, -0.15) is 0 Å². The van der Waals surface area contributed by atoms with E-state index in [1.54, 1.807) is 7.11 Å². The summed E-state index contributed by atoms with van der Waals surface area (Å²) in [6, 6.07) is 3.83. The third-order valence-corrected chi connectivity index (χ3v) is 4.15. The molecule has 2 unspecified atom stereocenters. The Balaban J connectivity index is 2.30. The molecule has 4 nitrogen and oxygen atoms in total. The van der Waals surface area contributed by atoms with Crippen molar-refractivity contribution in [2.45, 2.75) is 52.7 Å². The van der Waals surface area contributed by atoms with Crippen LogP contribution in [0.25, 0.3) is 6.08 Å². The van der Waals surface area contributed by atoms with Crippen molar-refractivity contribution in [3.05, 3.63) is 29.3 Å². The van der Waals surface area contributed by atoms with Gasteiger partial charge in [-0.1, -0.05) is 19.9 Å². The standard InChI is InChI=1S/C19H26O4/c1-7-12(2)18(20)22-13(3)15-10-14-8-9-19(4,5)23-16(14)11-17(15)21-6/h8-13H,7H2,1-6H3. The highest BCUT2D eigenvalue weighted by Gasteiger charge is 2.26. The lowest BCUT2D eigenvalue weighted by Crippen LogP contribution is -2.27. The molecule has 0 spiro atoms. The van der Waals surface area contributed by atoms with Crippen LogP contribution in [0.3, 0.4) is 0 Å². The normalized spacial score (nSPS) is 17.7. The van der Waals surface area contributed by atoms with Crippen LogP contribution in [0.15, 0.2) is 18.2 Å². The minimum atomic E-state index is -0.375. The Morgan fingerprint density at radius 1 is 1.30 bits per heavy atom. The van der Waals surface area contributed by atoms with E-state index in [1.165, 1.54) is 0 Å². The molecule has 1 aliphatic heterocycles. The van der Waals surface area contributed by atoms with Crippen molar-refractivity contribution in [2.24, 2.45) is 5.92 Å². The van der Waals surface area contributed by atoms with Crippen molar-refractivity contribution in [1.82, 2.24) is 0 Å². The molecular weight excluding hydrogens is 292 g/mol. The molecule has 2 rings (SSSR count). The van der Waals surface area contributed by atoms with Gasteiger partial charge in [-0.05, 0) is 39.3 Å². The molecule has 1 aromatic carbocycles. The third-order valence-electron chi connectivity index (χ3n) is 4.15. The summed E-state index contributed by atoms with van der Waals surface area (Å²) >= 11 is 0. The number of carbonyl (C=O) groups is 1. The molecule has 0 bridgehead atoms. The second kappa shape index (κ2) is 6.65. The number of hydrogen-bond donors (Lipinski definition) is 0. The SMILES string of the molecule is CCC(C)C(=O)OC(C)c1cc2c(cc1OC)OC(C)(C)C=C2. The molecule has 1 aliphatic rings. The number of hydrogen-bond acceptors (Lipinski definition) is 4. The Labute approximate surface area is 138 Å². The Kier molecular flexibility index (Phi) is 5.03. The van der Waals surface area contributed by atoms with Crippen LogP contribution in [0.2, 0.25) is 0 Å². The Hall–Kier alpha value is -1.97. The zero-order valence-corrected chi connectivity index (χ0v) is 14.8. The van der Waals surface area contributed by atoms with Crippen molar-refractivity contribution in [3.8, 4) is 11.5 Å². The van der Waals surface area contributed by atoms with Gasteiger partial charge >= 0.3 is 5.97 Å². The first-order valence-electron chi connectivity index (χ1n) is 8.08. The van der Waals surface area contributed by atoms with E-state index in [1.807, 2.05) is 58.9 Å². The fraction of sp³-hybridized carbons (Fsp3) is 0.526. The number of ether oxygens (including phenoxy) is 3. The highest BCUT2D eigenvalue weighted by atomic mass is 16.5. The van der Waals surface area contributed by atoms with Crippen molar-refractivity contribution in [3.63, 3.8) is 0 Å². The minimum absolute atomic E-state index is 0.106. The summed E-state index contributed by atoms with van der Waals surface area (Å²) in [6.45, 7) is 9.71. The third kappa shape index (κ3) is 3.87. The van der Waals surface area contributed by atoms with Gasteiger partial charge in [-0.25, -0.2) is 0 Å². The molecule has 0 saturated heterocycles. The van der Waals surface area contributed by atoms with Gasteiger partial charge in [0.2, 0.25) is 0 Å². The number of rotatable bonds is 5. The Morgan fingerprint density at radius 2 is 2.00 bits per heavy atom. The molecule has 1 heterocycles. The van der Waals surface area contributed by atoms with Crippen molar-refractivity contribution >= 4 is 12.0 Å². The number of carbonyl (C=O) groups excluding carboxylic acids is 1. The average molecular weight is 318 g/mol. The molecule has 0 N–H and O–H groups in total. The summed E-state index contributed by atoms with van der Waals surface area (Å²) in [5.41, 5.74) is 1.47. The van der Waals surface area contributed by atoms with E-state index in [-0.39, 0.29) is 23.6 Å². The van der Waals surface area contributed by atoms with Crippen molar-refractivity contribution < 1.29 is 19.0 Å². The molecule has 1 aromatic rings. The lowest BCUT2D eigenvalue weighted by atomic mass is 9.98. The molecule has 2 atom stereocenters. The van der Waals surface area contributed by atoms with Crippen LogP contribution in [0.5, 0.6) is 11.5 Å². The Morgan fingerprint density at radius 3 is 2.61 bits per heavy atom. The zero-order valence-electron chi connectivity index (χ0n) is 14.8. The van der Waals surface area contributed by atoms with Gasteiger partial charge in [0.1, 0.15) is 23.2 Å². The highest BCUT2D eigenvalue weighted by molar-refractivity contribution is 5.72. The maximum atomic E-state index is 12.0. The largest absolute Gasteiger partial charge is 0.496 e. The lowest BCUT2D eigenvalue weighted by molar-refractivity contribution is -0.153. The summed E-state index contributed by atoms with van der Waals surface area (Å²) in [5, 5.41) is 0. The van der Waals surface area contributed by atoms with E-state index < -0.39 is 0 Å². The van der Waals surface area contributed by atoms with Crippen LogP contribution in [0.4, 0.5) is 0 Å². The van der Waals surface area contributed by atoms with Crippen molar-refractivity contribution in [1.29, 1.82) is 0 Å². The highest BCUT2D eigenvalue weighted by Crippen LogP contribution is 2.39. The van der Waals surface area contributed by atoms with Crippen molar-refractivity contribution in [2.75, 3.05) is 7.11 Å². The molecule has 126 valence electrons. The summed E-state index contributed by atoms with van der Waals surface area (Å²) in [7, 11) is 1.61. The van der Waals surface area contributed by atoms with Crippen LogP contribution < -0.4 is 9.47 Å². The van der Waals surface area contributed by atoms with Gasteiger partial charge in [0, 0.05) is 17.2 Å². The van der Waals surface area contributed by atoms with E-state index in [2.05, 4.69) is 0 Å². The fourth-order valence-corrected chi connectivity index (χ4v) is 2.44. The molecule has 0 fully saturated rings. The van der Waals surface area contributed by atoms with Gasteiger partial charge in [0.05, 0.1) is 13.0 Å². The number of benzene rings is 1. The first-order valence-corrected chi connectivity index (χ1v) is 8.08. The zero-order chi connectivity index (χ0) is 17.2. The second-order valence-electron chi connectivity index (χ2n) is 6.56. The summed E-state index contributed by atoms with van der Waals surface area (Å²) in [5.74, 6) is 1.15. The average Bonchev–Trinajstić information content (AvgIpc) is 2.51. The smallest absolute Gasteiger partial charge is 0.309 e. The van der Waals surface area contributed by atoms with Crippen LogP contribution in [-0.2, 0) is 9.53 Å². The van der Waals surface area contributed by atoms with Gasteiger partial charge < -0.3 is 14.2 Å². The summed E-state index contributed by atoms with van der Waals surface area (Å²) < 4.78 is 17.0. The van der Waals surface area contributed by atoms with E-state index in [4.69, 9.17) is 14.2 Å². The molecule has 0 aromatic heterocycles. The van der Waals surface area contributed by atoms with Gasteiger partial charge in [-0.3, -0.25) is 4.79 Å². The molecule has 0 aliphatic carbocycles. The first-order chi connectivity index (χ1) is 10.8. The summed E-state index contributed by atoms with van der Waals surface area (Å²) in [4.78, 5) is 12.0. The van der Waals surface area contributed by atoms with Gasteiger partial charge in [0.15, 0.2) is 0 Å². The molecule has 0 radical (unpaired) electrons. The van der Waals surface area contributed by atoms with E-state index in [9.17, 15) is 4.79 Å². The monoisotopic (exact) mass is 318 g/mol. The molecule has 23 heavy (non-hydrogen) atoms. The molecule has 4 heteroatoms. The van der Waals surface area contributed by atoms with E-state index in [0.29, 0.717) is 5.75 Å². The molecule has 0 amide bonds. The summed E-state index contributed by atoms with van der Waals surface area (Å²) in [6.07, 6.45) is 4.44. The van der Waals surface area contributed by atoms with Crippen LogP contribution in [0.1, 0.15) is 58.3 Å². The minimum Gasteiger partial charge on any atom is -0.496 e. The molecule has 0 saturated carbocycles. The second-order valence-corrected chi connectivity index (χ2v) is 6.56. The van der Waals surface area contributed by atoms with Crippen LogP contribution in [-0.4, -0.2) is 18.7 Å². The van der Waals surface area contributed by atoms with E-state index >= 15 is 0 Å². The maximum absolute atomic E-state index is 12.0. The fourth-order valence-electron chi connectivity index (χ4n) is 2.44. The Bertz CT molecular complexity index is 616. The molecular formula is C19H26O4. The first kappa shape index (κ1) is 17.4. The predicted molar refractivity (Wildman–Crippen MR) is 90.7 cm³/mol. The quantitative estimate of drug-likeness (QED) is 0.748. The van der Waals surface area contributed by atoms with Crippen LogP contribution >= 0.6 is 0 Å². The maximum Gasteiger partial charge on any atom is 0.309 e.